The summed E-state index contributed by atoms with van der Waals surface area (Å²) in [7, 11) is 0. The Morgan fingerprint density at radius 2 is 1.77 bits per heavy atom. The summed E-state index contributed by atoms with van der Waals surface area (Å²) >= 11 is 0. The minimum atomic E-state index is -0.365. The van der Waals surface area contributed by atoms with Crippen molar-refractivity contribution in [2.75, 3.05) is 43.0 Å². The van der Waals surface area contributed by atoms with Crippen LogP contribution in [0.3, 0.4) is 0 Å². The number of nitrogens with zero attached hydrogens (tertiary/aromatic N) is 3. The maximum atomic E-state index is 14.5. The second-order valence-electron chi connectivity index (χ2n) is 11.5. The van der Waals surface area contributed by atoms with Gasteiger partial charge >= 0.3 is 12.1 Å². The van der Waals surface area contributed by atoms with E-state index in [4.69, 9.17) is 4.74 Å². The Bertz CT molecular complexity index is 1230. The van der Waals surface area contributed by atoms with Gasteiger partial charge in [0, 0.05) is 42.0 Å². The summed E-state index contributed by atoms with van der Waals surface area (Å²) in [5.74, 6) is -0.151. The molecule has 39 heavy (non-hydrogen) atoms. The SMILES string of the molecule is CCOC(=O)N1CCCC2CC(N3CCC4(CC3)CN(C(=O)Nc3ccc(F)cc3)c3ccc(F)cc34)CC21. The van der Waals surface area contributed by atoms with Crippen molar-refractivity contribution in [3.05, 3.63) is 59.7 Å². The van der Waals surface area contributed by atoms with Crippen LogP contribution in [0.15, 0.2) is 42.5 Å². The van der Waals surface area contributed by atoms with Crippen LogP contribution >= 0.6 is 0 Å². The predicted octanol–water partition coefficient (Wildman–Crippen LogP) is 5.75. The van der Waals surface area contributed by atoms with E-state index in [9.17, 15) is 18.4 Å². The van der Waals surface area contributed by atoms with Crippen LogP contribution in [0.25, 0.3) is 0 Å². The number of nitrogens with one attached hydrogen (secondary N) is 1. The fourth-order valence-corrected chi connectivity index (χ4v) is 7.48. The first kappa shape index (κ1) is 26.0. The monoisotopic (exact) mass is 538 g/mol. The number of carbonyl (C=O) groups is 2. The van der Waals surface area contributed by atoms with Crippen LogP contribution in [0, 0.1) is 17.6 Å². The molecule has 0 bridgehead atoms. The minimum Gasteiger partial charge on any atom is -0.450 e. The molecule has 0 radical (unpaired) electrons. The molecule has 3 fully saturated rings. The number of likely N-dealkylation sites (tertiary alicyclic amines) is 2. The Balaban J connectivity index is 1.15. The number of fused-ring (bicyclic) bond motifs is 3. The van der Waals surface area contributed by atoms with Crippen LogP contribution in [0.2, 0.25) is 0 Å². The number of rotatable bonds is 3. The fraction of sp³-hybridized carbons (Fsp3) is 0.533. The second kappa shape index (κ2) is 10.4. The van der Waals surface area contributed by atoms with Gasteiger partial charge in [-0.3, -0.25) is 4.90 Å². The van der Waals surface area contributed by atoms with Crippen molar-refractivity contribution in [1.29, 1.82) is 0 Å². The molecular weight excluding hydrogens is 502 g/mol. The molecule has 0 aromatic heterocycles. The molecule has 3 amide bonds. The fourth-order valence-electron chi connectivity index (χ4n) is 7.48. The lowest BCUT2D eigenvalue weighted by molar-refractivity contribution is 0.0634. The van der Waals surface area contributed by atoms with Crippen LogP contribution in [-0.2, 0) is 10.2 Å². The lowest BCUT2D eigenvalue weighted by Crippen LogP contribution is -2.49. The number of hydrogen-bond acceptors (Lipinski definition) is 4. The van der Waals surface area contributed by atoms with E-state index < -0.39 is 0 Å². The summed E-state index contributed by atoms with van der Waals surface area (Å²) < 4.78 is 33.1. The second-order valence-corrected chi connectivity index (χ2v) is 11.5. The molecule has 208 valence electrons. The standard InChI is InChI=1S/C30H36F2N4O3/c1-2-39-29(38)35-13-3-4-20-16-24(18-27(20)35)34-14-11-30(12-15-34)19-36(26-10-7-22(32)17-25(26)30)28(37)33-23-8-5-21(31)6-9-23/h5-10,17,20,24,27H,2-4,11-16,18-19H2,1H3,(H,33,37). The van der Waals surface area contributed by atoms with Gasteiger partial charge in [0.15, 0.2) is 0 Å². The van der Waals surface area contributed by atoms with Crippen LogP contribution in [-0.4, -0.2) is 66.8 Å². The minimum absolute atomic E-state index is 0.186. The molecule has 1 saturated carbocycles. The predicted molar refractivity (Wildman–Crippen MR) is 145 cm³/mol. The van der Waals surface area contributed by atoms with Gasteiger partial charge in [-0.05, 0) is 112 Å². The lowest BCUT2D eigenvalue weighted by atomic mass is 9.74. The van der Waals surface area contributed by atoms with E-state index in [1.165, 1.54) is 30.3 Å². The molecule has 1 N–H and O–H groups in total. The van der Waals surface area contributed by atoms with Crippen molar-refractivity contribution in [1.82, 2.24) is 9.80 Å². The third-order valence-electron chi connectivity index (χ3n) is 9.40. The van der Waals surface area contributed by atoms with Gasteiger partial charge in [-0.2, -0.15) is 0 Å². The van der Waals surface area contributed by atoms with Crippen LogP contribution in [0.1, 0.15) is 51.0 Å². The van der Waals surface area contributed by atoms with Crippen LogP contribution in [0.4, 0.5) is 29.7 Å². The van der Waals surface area contributed by atoms with Crippen molar-refractivity contribution in [3.63, 3.8) is 0 Å². The van der Waals surface area contributed by atoms with E-state index >= 15 is 0 Å². The molecule has 3 aliphatic heterocycles. The number of urea groups is 1. The molecule has 3 atom stereocenters. The van der Waals surface area contributed by atoms with Gasteiger partial charge in [0.1, 0.15) is 11.6 Å². The van der Waals surface area contributed by atoms with Gasteiger partial charge in [-0.25, -0.2) is 18.4 Å². The summed E-state index contributed by atoms with van der Waals surface area (Å²) in [5.41, 5.74) is 1.84. The highest BCUT2D eigenvalue weighted by Crippen LogP contribution is 2.49. The number of hydrogen-bond donors (Lipinski definition) is 1. The van der Waals surface area contributed by atoms with Crippen molar-refractivity contribution in [3.8, 4) is 0 Å². The van der Waals surface area contributed by atoms with Gasteiger partial charge in [-0.15, -0.1) is 0 Å². The van der Waals surface area contributed by atoms with E-state index in [-0.39, 0.29) is 35.2 Å². The topological polar surface area (TPSA) is 65.1 Å². The zero-order chi connectivity index (χ0) is 27.1. The highest BCUT2D eigenvalue weighted by atomic mass is 19.1. The zero-order valence-electron chi connectivity index (χ0n) is 22.4. The first-order valence-electron chi connectivity index (χ1n) is 14.2. The molecule has 7 nitrogen and oxygen atoms in total. The third kappa shape index (κ3) is 4.86. The Hall–Kier alpha value is -3.20. The molecule has 2 saturated heterocycles. The van der Waals surface area contributed by atoms with Gasteiger partial charge in [0.2, 0.25) is 0 Å². The van der Waals surface area contributed by atoms with E-state index in [1.54, 1.807) is 17.0 Å². The number of carbonyl (C=O) groups excluding carboxylic acids is 2. The number of halogens is 2. The van der Waals surface area contributed by atoms with E-state index in [2.05, 4.69) is 10.2 Å². The molecule has 1 aliphatic carbocycles. The Morgan fingerprint density at radius 3 is 2.51 bits per heavy atom. The molecule has 6 rings (SSSR count). The summed E-state index contributed by atoms with van der Waals surface area (Å²) in [6, 6.07) is 10.7. The largest absolute Gasteiger partial charge is 0.450 e. The van der Waals surface area contributed by atoms with Crippen molar-refractivity contribution < 1.29 is 23.1 Å². The maximum Gasteiger partial charge on any atom is 0.410 e. The summed E-state index contributed by atoms with van der Waals surface area (Å²) in [5, 5.41) is 2.87. The molecule has 2 aromatic rings. The number of benzene rings is 2. The zero-order valence-corrected chi connectivity index (χ0v) is 22.4. The normalized spacial score (nSPS) is 25.9. The average molecular weight is 539 g/mol. The quantitative estimate of drug-likeness (QED) is 0.541. The summed E-state index contributed by atoms with van der Waals surface area (Å²) in [6.45, 7) is 5.24. The molecular formula is C30H36F2N4O3. The summed E-state index contributed by atoms with van der Waals surface area (Å²) in [6.07, 6.45) is 5.70. The van der Waals surface area contributed by atoms with Crippen molar-refractivity contribution >= 4 is 23.5 Å². The van der Waals surface area contributed by atoms with Crippen molar-refractivity contribution in [2.24, 2.45) is 5.92 Å². The average Bonchev–Trinajstić information content (AvgIpc) is 3.50. The number of anilines is 2. The Morgan fingerprint density at radius 1 is 1.03 bits per heavy atom. The molecule has 3 unspecified atom stereocenters. The summed E-state index contributed by atoms with van der Waals surface area (Å²) in [4.78, 5) is 32.1. The van der Waals surface area contributed by atoms with Crippen LogP contribution in [0.5, 0.6) is 0 Å². The van der Waals surface area contributed by atoms with E-state index in [0.717, 1.165) is 69.4 Å². The lowest BCUT2D eigenvalue weighted by Gasteiger charge is -2.42. The maximum absolute atomic E-state index is 14.5. The highest BCUT2D eigenvalue weighted by Gasteiger charge is 2.49. The van der Waals surface area contributed by atoms with E-state index in [1.807, 2.05) is 11.8 Å². The molecule has 2 aromatic carbocycles. The Labute approximate surface area is 228 Å². The van der Waals surface area contributed by atoms with Crippen molar-refractivity contribution in [2.45, 2.75) is 62.9 Å². The first-order valence-corrected chi connectivity index (χ1v) is 14.2. The van der Waals surface area contributed by atoms with Gasteiger partial charge in [-0.1, -0.05) is 0 Å². The molecule has 1 spiro atoms. The smallest absolute Gasteiger partial charge is 0.410 e. The first-order chi connectivity index (χ1) is 18.9. The van der Waals surface area contributed by atoms with Crippen LogP contribution < -0.4 is 10.2 Å². The van der Waals surface area contributed by atoms with Gasteiger partial charge < -0.3 is 19.9 Å². The Kier molecular flexibility index (Phi) is 6.95. The molecule has 9 heteroatoms. The van der Waals surface area contributed by atoms with Gasteiger partial charge in [0.05, 0.1) is 6.61 Å². The van der Waals surface area contributed by atoms with E-state index in [0.29, 0.717) is 30.8 Å². The number of amides is 3. The number of piperidine rings is 2. The third-order valence-corrected chi connectivity index (χ3v) is 9.40. The molecule has 3 heterocycles. The highest BCUT2D eigenvalue weighted by molar-refractivity contribution is 6.03. The van der Waals surface area contributed by atoms with Gasteiger partial charge in [0.25, 0.3) is 0 Å². The number of ether oxygens (including phenoxy) is 1. The molecule has 4 aliphatic rings.